The molecule has 0 aliphatic heterocycles. The van der Waals surface area contributed by atoms with Gasteiger partial charge >= 0.3 is 18.4 Å². The predicted octanol–water partition coefficient (Wildman–Crippen LogP) is 3.31. The Hall–Kier alpha value is -1.75. The Morgan fingerprint density at radius 2 is 2.13 bits per heavy atom. The molecule has 1 rings (SSSR count). The molecule has 128 valence electrons. The number of hydrogen-bond donors (Lipinski definition) is 3. The van der Waals surface area contributed by atoms with Crippen LogP contribution in [0.5, 0.6) is 0 Å². The molecular weight excluding hydrogens is 358 g/mol. The third-order valence-corrected chi connectivity index (χ3v) is 3.74. The lowest BCUT2D eigenvalue weighted by Gasteiger charge is -2.15. The van der Waals surface area contributed by atoms with E-state index in [0.29, 0.717) is 22.3 Å². The van der Waals surface area contributed by atoms with Crippen LogP contribution in [-0.4, -0.2) is 36.4 Å². The van der Waals surface area contributed by atoms with Crippen molar-refractivity contribution in [2.24, 2.45) is 0 Å². The number of benzene rings is 1. The van der Waals surface area contributed by atoms with Crippen molar-refractivity contribution in [2.45, 2.75) is 17.2 Å². The number of thiocarbonyl (C=S) groups is 1. The number of rotatable bonds is 5. The number of amides is 1. The number of nitrogen functional groups attached to an aromatic ring is 1. The number of carbonyl (C=O) groups excluding carboxylic acids is 1. The van der Waals surface area contributed by atoms with Crippen LogP contribution in [0.15, 0.2) is 23.1 Å². The molecule has 0 aromatic heterocycles. The second kappa shape index (κ2) is 8.20. The SMILES string of the molecule is COC(=O)NC(=S)Nc1ccc(SCC(F)(F)C(F)F)cc1N. The summed E-state index contributed by atoms with van der Waals surface area (Å²) in [5, 5.41) is 4.73. The van der Waals surface area contributed by atoms with E-state index in [0.717, 1.165) is 7.11 Å². The van der Waals surface area contributed by atoms with E-state index in [2.05, 4.69) is 15.4 Å². The van der Waals surface area contributed by atoms with Crippen molar-refractivity contribution >= 4 is 46.6 Å². The summed E-state index contributed by atoms with van der Waals surface area (Å²) in [6, 6.07) is 4.16. The third kappa shape index (κ3) is 6.10. The molecule has 11 heteroatoms. The molecule has 0 unspecified atom stereocenters. The molecule has 0 spiro atoms. The topological polar surface area (TPSA) is 76.4 Å². The molecular formula is C12H13F4N3O2S2. The smallest absolute Gasteiger partial charge is 0.413 e. The average Bonchev–Trinajstić information content (AvgIpc) is 2.47. The van der Waals surface area contributed by atoms with Crippen LogP contribution in [-0.2, 0) is 4.74 Å². The number of nitrogens with one attached hydrogen (secondary N) is 2. The maximum atomic E-state index is 12.9. The maximum Gasteiger partial charge on any atom is 0.413 e. The summed E-state index contributed by atoms with van der Waals surface area (Å²) in [5.74, 6) is -5.15. The molecule has 0 heterocycles. The van der Waals surface area contributed by atoms with Gasteiger partial charge in [-0.1, -0.05) is 0 Å². The van der Waals surface area contributed by atoms with Gasteiger partial charge in [0.1, 0.15) is 0 Å². The number of thioether (sulfide) groups is 1. The molecule has 1 amide bonds. The van der Waals surface area contributed by atoms with Crippen molar-refractivity contribution in [3.8, 4) is 0 Å². The van der Waals surface area contributed by atoms with Crippen LogP contribution in [0, 0.1) is 0 Å². The molecule has 0 aliphatic carbocycles. The van der Waals surface area contributed by atoms with E-state index in [1.807, 2.05) is 0 Å². The van der Waals surface area contributed by atoms with Crippen LogP contribution in [0.2, 0.25) is 0 Å². The van der Waals surface area contributed by atoms with Gasteiger partial charge in [0.15, 0.2) is 5.11 Å². The quantitative estimate of drug-likeness (QED) is 0.319. The van der Waals surface area contributed by atoms with Gasteiger partial charge in [0.25, 0.3) is 0 Å². The van der Waals surface area contributed by atoms with E-state index in [1.165, 1.54) is 18.2 Å². The third-order valence-electron chi connectivity index (χ3n) is 2.42. The van der Waals surface area contributed by atoms with Crippen LogP contribution < -0.4 is 16.4 Å². The first kappa shape index (κ1) is 19.3. The fourth-order valence-corrected chi connectivity index (χ4v) is 2.34. The lowest BCUT2D eigenvalue weighted by Crippen LogP contribution is -2.34. The number of halogens is 4. The minimum absolute atomic E-state index is 0.0758. The molecule has 1 aromatic rings. The number of hydrogen-bond acceptors (Lipinski definition) is 5. The van der Waals surface area contributed by atoms with Gasteiger partial charge in [-0.2, -0.15) is 8.78 Å². The zero-order valence-corrected chi connectivity index (χ0v) is 13.4. The number of carbonyl (C=O) groups is 1. The summed E-state index contributed by atoms with van der Waals surface area (Å²) in [7, 11) is 1.16. The molecule has 0 saturated carbocycles. The standard InChI is InChI=1S/C12H13F4N3O2S2/c1-21-11(20)19-10(22)18-8-3-2-6(4-7(8)17)23-5-12(15,16)9(13)14/h2-4,9H,5,17H2,1H3,(H2,18,19,20,22). The number of methoxy groups -OCH3 is 1. The molecule has 0 bridgehead atoms. The number of alkyl halides is 4. The van der Waals surface area contributed by atoms with E-state index in [-0.39, 0.29) is 10.8 Å². The van der Waals surface area contributed by atoms with Crippen LogP contribution >= 0.6 is 24.0 Å². The molecule has 0 radical (unpaired) electrons. The maximum absolute atomic E-state index is 12.9. The van der Waals surface area contributed by atoms with Gasteiger partial charge in [0, 0.05) is 4.90 Å². The highest BCUT2D eigenvalue weighted by molar-refractivity contribution is 7.99. The van der Waals surface area contributed by atoms with E-state index >= 15 is 0 Å². The molecule has 1 aromatic carbocycles. The Balaban J connectivity index is 2.68. The van der Waals surface area contributed by atoms with E-state index in [9.17, 15) is 22.4 Å². The highest BCUT2D eigenvalue weighted by atomic mass is 32.2. The zero-order valence-electron chi connectivity index (χ0n) is 11.7. The molecule has 0 aliphatic rings. The second-order valence-electron chi connectivity index (χ2n) is 4.17. The Labute approximate surface area is 138 Å². The van der Waals surface area contributed by atoms with Crippen LogP contribution in [0.3, 0.4) is 0 Å². The first-order chi connectivity index (χ1) is 10.7. The van der Waals surface area contributed by atoms with Gasteiger partial charge in [-0.3, -0.25) is 5.32 Å². The Bertz CT molecular complexity index is 587. The minimum atomic E-state index is -4.08. The molecule has 5 nitrogen and oxygen atoms in total. The lowest BCUT2D eigenvalue weighted by molar-refractivity contribution is -0.109. The highest BCUT2D eigenvalue weighted by Crippen LogP contribution is 2.33. The molecule has 0 saturated heterocycles. The van der Waals surface area contributed by atoms with E-state index < -0.39 is 24.2 Å². The number of anilines is 2. The van der Waals surface area contributed by atoms with Gasteiger partial charge in [-0.25, -0.2) is 13.6 Å². The van der Waals surface area contributed by atoms with E-state index in [1.54, 1.807) is 0 Å². The molecule has 0 fully saturated rings. The molecule has 4 N–H and O–H groups in total. The van der Waals surface area contributed by atoms with Crippen LogP contribution in [0.25, 0.3) is 0 Å². The Morgan fingerprint density at radius 1 is 1.48 bits per heavy atom. The summed E-state index contributed by atoms with van der Waals surface area (Å²) >= 11 is 5.38. The highest BCUT2D eigenvalue weighted by Gasteiger charge is 2.40. The number of ether oxygens (including phenoxy) is 1. The predicted molar refractivity (Wildman–Crippen MR) is 84.3 cm³/mol. The van der Waals surface area contributed by atoms with Crippen LogP contribution in [0.4, 0.5) is 33.7 Å². The van der Waals surface area contributed by atoms with Gasteiger partial charge in [0.05, 0.1) is 24.2 Å². The van der Waals surface area contributed by atoms with Gasteiger partial charge in [-0.05, 0) is 30.4 Å². The monoisotopic (exact) mass is 371 g/mol. The molecule has 23 heavy (non-hydrogen) atoms. The lowest BCUT2D eigenvalue weighted by atomic mass is 10.3. The normalized spacial score (nSPS) is 11.2. The van der Waals surface area contributed by atoms with Gasteiger partial charge in [-0.15, -0.1) is 11.8 Å². The fraction of sp³-hybridized carbons (Fsp3) is 0.333. The number of nitrogens with two attached hydrogens (primary N) is 1. The van der Waals surface area contributed by atoms with Crippen molar-refractivity contribution in [3.63, 3.8) is 0 Å². The summed E-state index contributed by atoms with van der Waals surface area (Å²) in [6.45, 7) is 0. The second-order valence-corrected chi connectivity index (χ2v) is 5.63. The largest absolute Gasteiger partial charge is 0.453 e. The van der Waals surface area contributed by atoms with Crippen molar-refractivity contribution < 1.29 is 27.1 Å². The Kier molecular flexibility index (Phi) is 6.88. The van der Waals surface area contributed by atoms with Crippen molar-refractivity contribution in [3.05, 3.63) is 18.2 Å². The fourth-order valence-electron chi connectivity index (χ4n) is 1.28. The summed E-state index contributed by atoms with van der Waals surface area (Å²) in [6.07, 6.45) is -4.50. The minimum Gasteiger partial charge on any atom is -0.453 e. The first-order valence-corrected chi connectivity index (χ1v) is 7.39. The molecule has 0 atom stereocenters. The van der Waals surface area contributed by atoms with Gasteiger partial charge in [0.2, 0.25) is 0 Å². The van der Waals surface area contributed by atoms with Crippen LogP contribution in [0.1, 0.15) is 0 Å². The first-order valence-electron chi connectivity index (χ1n) is 6.00. The van der Waals surface area contributed by atoms with E-state index in [4.69, 9.17) is 18.0 Å². The number of alkyl carbamates (subject to hydrolysis) is 1. The summed E-state index contributed by atoms with van der Waals surface area (Å²) < 4.78 is 54.2. The van der Waals surface area contributed by atoms with Crippen molar-refractivity contribution in [1.82, 2.24) is 5.32 Å². The average molecular weight is 371 g/mol. The van der Waals surface area contributed by atoms with Crippen molar-refractivity contribution in [1.29, 1.82) is 0 Å². The van der Waals surface area contributed by atoms with Gasteiger partial charge < -0.3 is 15.8 Å². The Morgan fingerprint density at radius 3 is 2.65 bits per heavy atom. The zero-order chi connectivity index (χ0) is 17.6. The summed E-state index contributed by atoms with van der Waals surface area (Å²) in [5.41, 5.74) is 6.18. The summed E-state index contributed by atoms with van der Waals surface area (Å²) in [4.78, 5) is 11.2. The van der Waals surface area contributed by atoms with Crippen molar-refractivity contribution in [2.75, 3.05) is 23.9 Å².